The maximum Gasteiger partial charge on any atom is 0.257 e. The largest absolute Gasteiger partial charge is 0.497 e. The SMILES string of the molecule is C=C(C(C)Cl)N(C(C)=O)c1ccccc1C(=O)Nc1ccc(OC)cc1. The van der Waals surface area contributed by atoms with Crippen molar-refractivity contribution in [3.8, 4) is 5.75 Å². The fourth-order valence-electron chi connectivity index (χ4n) is 2.44. The van der Waals surface area contributed by atoms with Crippen LogP contribution in [0.3, 0.4) is 0 Å². The van der Waals surface area contributed by atoms with Gasteiger partial charge in [-0.25, -0.2) is 0 Å². The lowest BCUT2D eigenvalue weighted by atomic mass is 10.1. The van der Waals surface area contributed by atoms with E-state index in [4.69, 9.17) is 16.3 Å². The second-order valence-electron chi connectivity index (χ2n) is 5.66. The zero-order valence-electron chi connectivity index (χ0n) is 15.0. The molecule has 0 aliphatic carbocycles. The Morgan fingerprint density at radius 3 is 2.31 bits per heavy atom. The van der Waals surface area contributed by atoms with Gasteiger partial charge in [-0.3, -0.25) is 14.5 Å². The predicted octanol–water partition coefficient (Wildman–Crippen LogP) is 4.44. The summed E-state index contributed by atoms with van der Waals surface area (Å²) in [4.78, 5) is 26.3. The zero-order valence-corrected chi connectivity index (χ0v) is 15.7. The number of benzene rings is 2. The van der Waals surface area contributed by atoms with Crippen LogP contribution in [0.4, 0.5) is 11.4 Å². The first kappa shape index (κ1) is 19.5. The smallest absolute Gasteiger partial charge is 0.257 e. The molecule has 0 fully saturated rings. The molecule has 0 bridgehead atoms. The van der Waals surface area contributed by atoms with E-state index in [2.05, 4.69) is 11.9 Å². The van der Waals surface area contributed by atoms with Crippen LogP contribution in [-0.2, 0) is 4.79 Å². The van der Waals surface area contributed by atoms with Crippen molar-refractivity contribution < 1.29 is 14.3 Å². The van der Waals surface area contributed by atoms with Crippen molar-refractivity contribution in [3.63, 3.8) is 0 Å². The van der Waals surface area contributed by atoms with Gasteiger partial charge >= 0.3 is 0 Å². The Bertz CT molecular complexity index is 816. The van der Waals surface area contributed by atoms with Gasteiger partial charge in [0.05, 0.1) is 23.7 Å². The summed E-state index contributed by atoms with van der Waals surface area (Å²) >= 11 is 6.10. The summed E-state index contributed by atoms with van der Waals surface area (Å²) in [6.07, 6.45) is 0. The first-order chi connectivity index (χ1) is 12.3. The number of para-hydroxylation sites is 1. The first-order valence-electron chi connectivity index (χ1n) is 8.03. The number of nitrogens with one attached hydrogen (secondary N) is 1. The number of alkyl halides is 1. The Morgan fingerprint density at radius 1 is 1.15 bits per heavy atom. The number of hydrogen-bond donors (Lipinski definition) is 1. The fourth-order valence-corrected chi connectivity index (χ4v) is 2.54. The molecule has 1 N–H and O–H groups in total. The molecule has 0 radical (unpaired) electrons. The van der Waals surface area contributed by atoms with E-state index in [9.17, 15) is 9.59 Å². The van der Waals surface area contributed by atoms with Crippen molar-refractivity contribution in [1.82, 2.24) is 0 Å². The molecule has 0 spiro atoms. The van der Waals surface area contributed by atoms with E-state index in [1.54, 1.807) is 62.6 Å². The minimum absolute atomic E-state index is 0.271. The summed E-state index contributed by atoms with van der Waals surface area (Å²) in [5, 5.41) is 2.36. The lowest BCUT2D eigenvalue weighted by Crippen LogP contribution is -2.32. The number of nitrogens with zero attached hydrogens (tertiary/aromatic N) is 1. The molecule has 1 unspecified atom stereocenters. The molecule has 26 heavy (non-hydrogen) atoms. The Morgan fingerprint density at radius 2 is 1.77 bits per heavy atom. The zero-order chi connectivity index (χ0) is 19.3. The lowest BCUT2D eigenvalue weighted by molar-refractivity contribution is -0.116. The number of methoxy groups -OCH3 is 1. The van der Waals surface area contributed by atoms with E-state index in [0.717, 1.165) is 0 Å². The normalized spacial score (nSPS) is 11.4. The van der Waals surface area contributed by atoms with Crippen molar-refractivity contribution >= 4 is 34.8 Å². The van der Waals surface area contributed by atoms with Gasteiger partial charge in [-0.2, -0.15) is 0 Å². The summed E-state index contributed by atoms with van der Waals surface area (Å²) in [7, 11) is 1.57. The maximum absolute atomic E-state index is 12.8. The molecule has 2 amide bonds. The van der Waals surface area contributed by atoms with Gasteiger partial charge in [0.25, 0.3) is 5.91 Å². The summed E-state index contributed by atoms with van der Waals surface area (Å²) in [5.74, 6) is 0.0813. The quantitative estimate of drug-likeness (QED) is 0.762. The molecular formula is C20H21ClN2O3. The molecule has 0 saturated carbocycles. The van der Waals surface area contributed by atoms with Gasteiger partial charge in [0.2, 0.25) is 5.91 Å². The summed E-state index contributed by atoms with van der Waals surface area (Å²) in [6.45, 7) is 7.01. The van der Waals surface area contributed by atoms with Crippen molar-refractivity contribution in [3.05, 3.63) is 66.4 Å². The minimum atomic E-state index is -0.461. The molecule has 136 valence electrons. The molecule has 0 heterocycles. The highest BCUT2D eigenvalue weighted by Crippen LogP contribution is 2.27. The third kappa shape index (κ3) is 4.43. The Balaban J connectivity index is 2.35. The van der Waals surface area contributed by atoms with E-state index in [1.165, 1.54) is 11.8 Å². The van der Waals surface area contributed by atoms with Gasteiger partial charge in [0.1, 0.15) is 5.75 Å². The van der Waals surface area contributed by atoms with Gasteiger partial charge in [0, 0.05) is 18.3 Å². The van der Waals surface area contributed by atoms with E-state index in [1.807, 2.05) is 0 Å². The van der Waals surface area contributed by atoms with E-state index < -0.39 is 5.38 Å². The molecule has 0 aromatic heterocycles. The van der Waals surface area contributed by atoms with Crippen LogP contribution in [-0.4, -0.2) is 24.3 Å². The van der Waals surface area contributed by atoms with Crippen LogP contribution in [0.25, 0.3) is 0 Å². The van der Waals surface area contributed by atoms with E-state index in [0.29, 0.717) is 28.4 Å². The second-order valence-corrected chi connectivity index (χ2v) is 6.32. The average molecular weight is 373 g/mol. The standard InChI is InChI=1S/C20H21ClN2O3/c1-13(21)14(2)23(15(3)24)19-8-6-5-7-18(19)20(25)22-16-9-11-17(26-4)12-10-16/h5-13H,2H2,1,3-4H3,(H,22,25). The van der Waals surface area contributed by atoms with Crippen LogP contribution in [0.1, 0.15) is 24.2 Å². The molecule has 2 aromatic rings. The molecule has 1 atom stereocenters. The van der Waals surface area contributed by atoms with Gasteiger partial charge in [0.15, 0.2) is 0 Å². The Labute approximate surface area is 158 Å². The van der Waals surface area contributed by atoms with Gasteiger partial charge < -0.3 is 10.1 Å². The van der Waals surface area contributed by atoms with Crippen molar-refractivity contribution in [2.75, 3.05) is 17.3 Å². The van der Waals surface area contributed by atoms with Gasteiger partial charge in [-0.15, -0.1) is 11.6 Å². The number of hydrogen-bond acceptors (Lipinski definition) is 3. The molecule has 2 rings (SSSR count). The number of allylic oxidation sites excluding steroid dienone is 1. The molecule has 0 saturated heterocycles. The average Bonchev–Trinajstić information content (AvgIpc) is 2.62. The highest BCUT2D eigenvalue weighted by atomic mass is 35.5. The van der Waals surface area contributed by atoms with Crippen molar-refractivity contribution in [2.24, 2.45) is 0 Å². The van der Waals surface area contributed by atoms with Crippen LogP contribution in [0, 0.1) is 0 Å². The topological polar surface area (TPSA) is 58.6 Å². The van der Waals surface area contributed by atoms with Crippen molar-refractivity contribution in [2.45, 2.75) is 19.2 Å². The summed E-state index contributed by atoms with van der Waals surface area (Å²) in [6, 6.07) is 13.8. The second kappa shape index (κ2) is 8.54. The van der Waals surface area contributed by atoms with Crippen LogP contribution in [0.5, 0.6) is 5.75 Å². The highest BCUT2D eigenvalue weighted by molar-refractivity contribution is 6.23. The van der Waals surface area contributed by atoms with Gasteiger partial charge in [-0.05, 0) is 43.3 Å². The monoisotopic (exact) mass is 372 g/mol. The van der Waals surface area contributed by atoms with Crippen LogP contribution in [0.15, 0.2) is 60.8 Å². The number of halogens is 1. The number of carbonyl (C=O) groups excluding carboxylic acids is 2. The highest BCUT2D eigenvalue weighted by Gasteiger charge is 2.23. The number of amides is 2. The third-order valence-electron chi connectivity index (χ3n) is 3.80. The number of ether oxygens (including phenoxy) is 1. The Hall–Kier alpha value is -2.79. The van der Waals surface area contributed by atoms with Crippen LogP contribution < -0.4 is 15.0 Å². The molecular weight excluding hydrogens is 352 g/mol. The molecule has 0 aliphatic rings. The molecule has 6 heteroatoms. The summed E-state index contributed by atoms with van der Waals surface area (Å²) < 4.78 is 5.11. The van der Waals surface area contributed by atoms with Crippen LogP contribution >= 0.6 is 11.6 Å². The number of carbonyl (C=O) groups is 2. The van der Waals surface area contributed by atoms with E-state index >= 15 is 0 Å². The van der Waals surface area contributed by atoms with E-state index in [-0.39, 0.29) is 11.8 Å². The fraction of sp³-hybridized carbons (Fsp3) is 0.200. The number of rotatable bonds is 6. The minimum Gasteiger partial charge on any atom is -0.497 e. The first-order valence-corrected chi connectivity index (χ1v) is 8.46. The van der Waals surface area contributed by atoms with Crippen LogP contribution in [0.2, 0.25) is 0 Å². The molecule has 0 aliphatic heterocycles. The van der Waals surface area contributed by atoms with Crippen molar-refractivity contribution in [1.29, 1.82) is 0 Å². The van der Waals surface area contributed by atoms with Gasteiger partial charge in [-0.1, -0.05) is 18.7 Å². The lowest BCUT2D eigenvalue weighted by Gasteiger charge is -2.26. The number of anilines is 2. The maximum atomic E-state index is 12.8. The predicted molar refractivity (Wildman–Crippen MR) is 105 cm³/mol. The Kier molecular flexibility index (Phi) is 6.41. The summed E-state index contributed by atoms with van der Waals surface area (Å²) in [5.41, 5.74) is 1.80. The molecule has 5 nitrogen and oxygen atoms in total. The molecule has 2 aromatic carbocycles. The third-order valence-corrected chi connectivity index (χ3v) is 4.05.